The van der Waals surface area contributed by atoms with Crippen molar-refractivity contribution in [3.8, 4) is 0 Å². The molecule has 0 fully saturated rings. The molecule has 17 heavy (non-hydrogen) atoms. The van der Waals surface area contributed by atoms with Crippen LogP contribution in [0, 0.1) is 0 Å². The predicted octanol–water partition coefficient (Wildman–Crippen LogP) is 0.894. The number of aromatic nitrogens is 2. The van der Waals surface area contributed by atoms with Crippen LogP contribution < -0.4 is 5.32 Å². The van der Waals surface area contributed by atoms with Crippen molar-refractivity contribution in [3.63, 3.8) is 0 Å². The maximum absolute atomic E-state index is 11.5. The summed E-state index contributed by atoms with van der Waals surface area (Å²) in [6.07, 6.45) is 5.43. The second kappa shape index (κ2) is 7.06. The summed E-state index contributed by atoms with van der Waals surface area (Å²) in [6, 6.07) is -0.202. The molecule has 1 rings (SSSR count). The van der Waals surface area contributed by atoms with Crippen molar-refractivity contribution in [1.82, 2.24) is 15.1 Å². The van der Waals surface area contributed by atoms with Crippen LogP contribution in [-0.4, -0.2) is 34.9 Å². The first kappa shape index (κ1) is 13.7. The number of carbonyl (C=O) groups excluding carboxylic acids is 1. The van der Waals surface area contributed by atoms with Gasteiger partial charge in [0.1, 0.15) is 6.04 Å². The molecule has 1 aromatic rings. The summed E-state index contributed by atoms with van der Waals surface area (Å²) >= 11 is 0. The van der Waals surface area contributed by atoms with E-state index in [0.717, 1.165) is 19.4 Å². The smallest absolute Gasteiger partial charge is 0.323 e. The lowest BCUT2D eigenvalue weighted by molar-refractivity contribution is -0.145. The fourth-order valence-electron chi connectivity index (χ4n) is 1.63. The van der Waals surface area contributed by atoms with Crippen LogP contribution >= 0.6 is 0 Å². The number of nitrogens with one attached hydrogen (secondary N) is 1. The Kier molecular flexibility index (Phi) is 5.69. The highest BCUT2D eigenvalue weighted by molar-refractivity contribution is 5.75. The Morgan fingerprint density at radius 1 is 1.59 bits per heavy atom. The quantitative estimate of drug-likeness (QED) is 0.718. The van der Waals surface area contributed by atoms with E-state index in [2.05, 4.69) is 10.4 Å². The fraction of sp³-hybridized carbons (Fsp3) is 0.667. The summed E-state index contributed by atoms with van der Waals surface area (Å²) in [4.78, 5) is 11.5. The van der Waals surface area contributed by atoms with Gasteiger partial charge in [-0.1, -0.05) is 6.92 Å². The first-order valence-corrected chi connectivity index (χ1v) is 6.04. The van der Waals surface area contributed by atoms with Gasteiger partial charge in [0.05, 0.1) is 12.8 Å². The number of rotatable bonds is 7. The van der Waals surface area contributed by atoms with Crippen molar-refractivity contribution < 1.29 is 9.53 Å². The predicted molar refractivity (Wildman–Crippen MR) is 65.6 cm³/mol. The van der Waals surface area contributed by atoms with Crippen LogP contribution in [0.3, 0.4) is 0 Å². The van der Waals surface area contributed by atoms with Gasteiger partial charge in [0.2, 0.25) is 0 Å². The molecule has 1 unspecified atom stereocenters. The standard InChI is InChI=1S/C12H21N3O2/c1-4-11(12(16)17-5-2)13-7-6-10-8-14-15(3)9-10/h8-9,11,13H,4-7H2,1-3H3. The first-order chi connectivity index (χ1) is 8.17. The molecule has 0 aliphatic carbocycles. The fourth-order valence-corrected chi connectivity index (χ4v) is 1.63. The summed E-state index contributed by atoms with van der Waals surface area (Å²) in [6.45, 7) is 4.97. The normalized spacial score (nSPS) is 12.4. The van der Waals surface area contributed by atoms with Gasteiger partial charge in [-0.2, -0.15) is 5.10 Å². The number of hydrogen-bond donors (Lipinski definition) is 1. The third-order valence-corrected chi connectivity index (χ3v) is 2.54. The van der Waals surface area contributed by atoms with Gasteiger partial charge in [0, 0.05) is 19.8 Å². The minimum Gasteiger partial charge on any atom is -0.465 e. The number of hydrogen-bond acceptors (Lipinski definition) is 4. The molecule has 0 amide bonds. The summed E-state index contributed by atoms with van der Waals surface area (Å²) in [5.41, 5.74) is 1.17. The van der Waals surface area contributed by atoms with E-state index >= 15 is 0 Å². The van der Waals surface area contributed by atoms with E-state index in [-0.39, 0.29) is 12.0 Å². The Bertz CT molecular complexity index is 349. The summed E-state index contributed by atoms with van der Waals surface area (Å²) in [5, 5.41) is 7.30. The van der Waals surface area contributed by atoms with Crippen LogP contribution in [0.25, 0.3) is 0 Å². The van der Waals surface area contributed by atoms with Crippen molar-refractivity contribution in [2.45, 2.75) is 32.7 Å². The largest absolute Gasteiger partial charge is 0.465 e. The number of aryl methyl sites for hydroxylation is 1. The third kappa shape index (κ3) is 4.56. The Balaban J connectivity index is 2.30. The molecule has 0 radical (unpaired) electrons. The van der Waals surface area contributed by atoms with Gasteiger partial charge in [0.15, 0.2) is 0 Å². The molecular formula is C12H21N3O2. The lowest BCUT2D eigenvalue weighted by Crippen LogP contribution is -2.38. The van der Waals surface area contributed by atoms with E-state index < -0.39 is 0 Å². The lowest BCUT2D eigenvalue weighted by Gasteiger charge is -2.14. The highest BCUT2D eigenvalue weighted by Gasteiger charge is 2.16. The van der Waals surface area contributed by atoms with Crippen LogP contribution in [0.15, 0.2) is 12.4 Å². The molecule has 1 N–H and O–H groups in total. The highest BCUT2D eigenvalue weighted by Crippen LogP contribution is 1.99. The summed E-state index contributed by atoms with van der Waals surface area (Å²) in [7, 11) is 1.89. The zero-order chi connectivity index (χ0) is 12.7. The SMILES string of the molecule is CCOC(=O)C(CC)NCCc1cnn(C)c1. The topological polar surface area (TPSA) is 56.1 Å². The second-order valence-electron chi connectivity index (χ2n) is 3.94. The maximum atomic E-state index is 11.5. The van der Waals surface area contributed by atoms with E-state index in [1.165, 1.54) is 5.56 Å². The molecule has 0 aromatic carbocycles. The third-order valence-electron chi connectivity index (χ3n) is 2.54. The van der Waals surface area contributed by atoms with Crippen LogP contribution in [0.2, 0.25) is 0 Å². The van der Waals surface area contributed by atoms with Gasteiger partial charge < -0.3 is 10.1 Å². The molecule has 0 aliphatic rings. The van der Waals surface area contributed by atoms with E-state index in [4.69, 9.17) is 4.74 Å². The van der Waals surface area contributed by atoms with Gasteiger partial charge in [-0.05, 0) is 25.3 Å². The molecule has 1 aromatic heterocycles. The van der Waals surface area contributed by atoms with Crippen molar-refractivity contribution >= 4 is 5.97 Å². The molecule has 5 nitrogen and oxygen atoms in total. The summed E-state index contributed by atoms with van der Waals surface area (Å²) < 4.78 is 6.76. The van der Waals surface area contributed by atoms with Gasteiger partial charge in [-0.25, -0.2) is 0 Å². The van der Waals surface area contributed by atoms with E-state index in [1.54, 1.807) is 4.68 Å². The maximum Gasteiger partial charge on any atom is 0.323 e. The average molecular weight is 239 g/mol. The van der Waals surface area contributed by atoms with Gasteiger partial charge in [-0.15, -0.1) is 0 Å². The second-order valence-corrected chi connectivity index (χ2v) is 3.94. The minimum atomic E-state index is -0.202. The van der Waals surface area contributed by atoms with Crippen LogP contribution in [0.5, 0.6) is 0 Å². The number of carbonyl (C=O) groups is 1. The zero-order valence-corrected chi connectivity index (χ0v) is 10.8. The van der Waals surface area contributed by atoms with Gasteiger partial charge >= 0.3 is 5.97 Å². The van der Waals surface area contributed by atoms with Crippen molar-refractivity contribution in [2.75, 3.05) is 13.2 Å². The number of ether oxygens (including phenoxy) is 1. The Hall–Kier alpha value is -1.36. The molecular weight excluding hydrogens is 218 g/mol. The Morgan fingerprint density at radius 3 is 2.88 bits per heavy atom. The average Bonchev–Trinajstić information content (AvgIpc) is 2.71. The summed E-state index contributed by atoms with van der Waals surface area (Å²) in [5.74, 6) is -0.166. The zero-order valence-electron chi connectivity index (χ0n) is 10.8. The molecule has 1 heterocycles. The molecule has 96 valence electrons. The Morgan fingerprint density at radius 2 is 2.35 bits per heavy atom. The number of nitrogens with zero attached hydrogens (tertiary/aromatic N) is 2. The highest BCUT2D eigenvalue weighted by atomic mass is 16.5. The van der Waals surface area contributed by atoms with E-state index in [9.17, 15) is 4.79 Å². The van der Waals surface area contributed by atoms with Crippen LogP contribution in [0.4, 0.5) is 0 Å². The van der Waals surface area contributed by atoms with Crippen molar-refractivity contribution in [3.05, 3.63) is 18.0 Å². The molecule has 0 aliphatic heterocycles. The molecule has 0 saturated heterocycles. The van der Waals surface area contributed by atoms with Crippen LogP contribution in [-0.2, 0) is 23.0 Å². The molecule has 0 spiro atoms. The van der Waals surface area contributed by atoms with Gasteiger partial charge in [0.25, 0.3) is 0 Å². The molecule has 0 saturated carbocycles. The Labute approximate surface area is 102 Å². The lowest BCUT2D eigenvalue weighted by atomic mass is 10.2. The van der Waals surface area contributed by atoms with E-state index in [1.807, 2.05) is 33.3 Å². The van der Waals surface area contributed by atoms with Gasteiger partial charge in [-0.3, -0.25) is 9.48 Å². The molecule has 0 bridgehead atoms. The van der Waals surface area contributed by atoms with Crippen molar-refractivity contribution in [1.29, 1.82) is 0 Å². The first-order valence-electron chi connectivity index (χ1n) is 6.04. The molecule has 5 heteroatoms. The minimum absolute atomic E-state index is 0.166. The van der Waals surface area contributed by atoms with Crippen molar-refractivity contribution in [2.24, 2.45) is 7.05 Å². The van der Waals surface area contributed by atoms with Crippen LogP contribution in [0.1, 0.15) is 25.8 Å². The number of esters is 1. The van der Waals surface area contributed by atoms with E-state index in [0.29, 0.717) is 6.61 Å². The molecule has 1 atom stereocenters. The monoisotopic (exact) mass is 239 g/mol.